The van der Waals surface area contributed by atoms with Crippen molar-refractivity contribution in [3.05, 3.63) is 47.5 Å². The van der Waals surface area contributed by atoms with E-state index >= 15 is 0 Å². The summed E-state index contributed by atoms with van der Waals surface area (Å²) in [5, 5.41) is 8.92. The molecule has 1 heterocycles. The van der Waals surface area contributed by atoms with Crippen molar-refractivity contribution in [3.8, 4) is 0 Å². The van der Waals surface area contributed by atoms with Gasteiger partial charge < -0.3 is 10.6 Å². The predicted octanol–water partition coefficient (Wildman–Crippen LogP) is 1.09. The number of halogens is 2. The van der Waals surface area contributed by atoms with Gasteiger partial charge in [0.05, 0.1) is 6.54 Å². The molecule has 0 spiro atoms. The number of carbonyl (C=O) groups is 1. The van der Waals surface area contributed by atoms with Crippen LogP contribution in [-0.2, 0) is 20.1 Å². The number of nitrogens with zero attached hydrogens (tertiary/aromatic N) is 3. The van der Waals surface area contributed by atoms with Crippen LogP contribution in [0.2, 0.25) is 0 Å². The van der Waals surface area contributed by atoms with E-state index in [1.807, 2.05) is 0 Å². The van der Waals surface area contributed by atoms with Gasteiger partial charge in [0.25, 0.3) is 0 Å². The Labute approximate surface area is 113 Å². The molecule has 0 aliphatic rings. The summed E-state index contributed by atoms with van der Waals surface area (Å²) >= 11 is 0. The zero-order chi connectivity index (χ0) is 14.5. The highest BCUT2D eigenvalue weighted by atomic mass is 19.1. The van der Waals surface area contributed by atoms with Crippen molar-refractivity contribution in [2.45, 2.75) is 13.1 Å². The van der Waals surface area contributed by atoms with Crippen LogP contribution >= 0.6 is 0 Å². The van der Waals surface area contributed by atoms with Gasteiger partial charge in [0.2, 0.25) is 0 Å². The number of amides is 2. The van der Waals surface area contributed by atoms with E-state index in [0.717, 1.165) is 18.2 Å². The van der Waals surface area contributed by atoms with Crippen molar-refractivity contribution in [3.63, 3.8) is 0 Å². The lowest BCUT2D eigenvalue weighted by molar-refractivity contribution is 0.239. The van der Waals surface area contributed by atoms with E-state index in [0.29, 0.717) is 11.4 Å². The molecule has 106 valence electrons. The highest BCUT2D eigenvalue weighted by Gasteiger charge is 2.05. The van der Waals surface area contributed by atoms with E-state index < -0.39 is 17.7 Å². The van der Waals surface area contributed by atoms with Crippen molar-refractivity contribution in [2.24, 2.45) is 7.05 Å². The van der Waals surface area contributed by atoms with Crippen LogP contribution in [0.15, 0.2) is 24.5 Å². The molecule has 6 nitrogen and oxygen atoms in total. The third-order valence-electron chi connectivity index (χ3n) is 2.59. The van der Waals surface area contributed by atoms with Gasteiger partial charge in [-0.25, -0.2) is 18.6 Å². The minimum absolute atomic E-state index is 0.0271. The van der Waals surface area contributed by atoms with Crippen molar-refractivity contribution in [1.29, 1.82) is 0 Å². The maximum atomic E-state index is 12.9. The second-order valence-corrected chi connectivity index (χ2v) is 4.11. The quantitative estimate of drug-likeness (QED) is 0.881. The van der Waals surface area contributed by atoms with Gasteiger partial charge in [-0.2, -0.15) is 5.10 Å². The summed E-state index contributed by atoms with van der Waals surface area (Å²) in [5.74, 6) is -0.764. The molecule has 0 atom stereocenters. The molecule has 20 heavy (non-hydrogen) atoms. The maximum Gasteiger partial charge on any atom is 0.315 e. The first-order valence-corrected chi connectivity index (χ1v) is 5.84. The lowest BCUT2D eigenvalue weighted by atomic mass is 10.2. The number of nitrogens with one attached hydrogen (secondary N) is 2. The molecular formula is C12H13F2N5O. The minimum atomic E-state index is -0.679. The number of benzene rings is 1. The molecule has 0 saturated heterocycles. The molecule has 1 aromatic carbocycles. The van der Waals surface area contributed by atoms with E-state index in [4.69, 9.17) is 0 Å². The van der Waals surface area contributed by atoms with Crippen molar-refractivity contribution in [1.82, 2.24) is 25.4 Å². The lowest BCUT2D eigenvalue weighted by Crippen LogP contribution is -2.35. The number of hydrogen-bond donors (Lipinski definition) is 2. The Morgan fingerprint density at radius 1 is 1.20 bits per heavy atom. The van der Waals surface area contributed by atoms with Crippen LogP contribution in [0.5, 0.6) is 0 Å². The van der Waals surface area contributed by atoms with Gasteiger partial charge in [-0.05, 0) is 17.7 Å². The average Bonchev–Trinajstić information content (AvgIpc) is 2.78. The Morgan fingerprint density at radius 3 is 2.45 bits per heavy atom. The Kier molecular flexibility index (Phi) is 4.24. The molecule has 2 rings (SSSR count). The number of hydrogen-bond acceptors (Lipinski definition) is 3. The summed E-state index contributed by atoms with van der Waals surface area (Å²) in [4.78, 5) is 15.5. The third-order valence-corrected chi connectivity index (χ3v) is 2.59. The Bertz CT molecular complexity index is 593. The highest BCUT2D eigenvalue weighted by Crippen LogP contribution is 2.07. The lowest BCUT2D eigenvalue weighted by Gasteiger charge is -2.07. The fourth-order valence-electron chi connectivity index (χ4n) is 1.60. The molecule has 0 aliphatic heterocycles. The highest BCUT2D eigenvalue weighted by molar-refractivity contribution is 5.73. The van der Waals surface area contributed by atoms with Gasteiger partial charge in [0.15, 0.2) is 0 Å². The zero-order valence-electron chi connectivity index (χ0n) is 10.7. The standard InChI is InChI=1S/C12H13F2N5O/c1-19-11(17-7-18-19)6-16-12(20)15-5-8-2-9(13)4-10(14)3-8/h2-4,7H,5-6H2,1H3,(H2,15,16,20). The van der Waals surface area contributed by atoms with Gasteiger partial charge in [-0.1, -0.05) is 0 Å². The molecule has 2 N–H and O–H groups in total. The molecule has 0 bridgehead atoms. The average molecular weight is 281 g/mol. The Hall–Kier alpha value is -2.51. The first-order chi connectivity index (χ1) is 9.54. The third kappa shape index (κ3) is 3.74. The van der Waals surface area contributed by atoms with Crippen molar-refractivity contribution >= 4 is 6.03 Å². The summed E-state index contributed by atoms with van der Waals surface area (Å²) in [6, 6.07) is 2.63. The maximum absolute atomic E-state index is 12.9. The molecule has 2 amide bonds. The number of aromatic nitrogens is 3. The Balaban J connectivity index is 1.82. The molecule has 8 heteroatoms. The fraction of sp³-hybridized carbons (Fsp3) is 0.250. The summed E-state index contributed by atoms with van der Waals surface area (Å²) in [6.45, 7) is 0.235. The second-order valence-electron chi connectivity index (χ2n) is 4.11. The van der Waals surface area contributed by atoms with Gasteiger partial charge in [0.1, 0.15) is 23.8 Å². The van der Waals surface area contributed by atoms with Crippen LogP contribution in [0.3, 0.4) is 0 Å². The largest absolute Gasteiger partial charge is 0.334 e. The number of carbonyl (C=O) groups excluding carboxylic acids is 1. The number of urea groups is 1. The van der Waals surface area contributed by atoms with E-state index in [9.17, 15) is 13.6 Å². The molecule has 0 radical (unpaired) electrons. The summed E-state index contributed by atoms with van der Waals surface area (Å²) in [5.41, 5.74) is 0.344. The van der Waals surface area contributed by atoms with Crippen LogP contribution in [0.25, 0.3) is 0 Å². The fourth-order valence-corrected chi connectivity index (χ4v) is 1.60. The topological polar surface area (TPSA) is 71.8 Å². The molecule has 0 fully saturated rings. The SMILES string of the molecule is Cn1ncnc1CNC(=O)NCc1cc(F)cc(F)c1. The first kappa shape index (κ1) is 13.9. The Morgan fingerprint density at radius 2 is 1.85 bits per heavy atom. The molecule has 0 aliphatic carbocycles. The van der Waals surface area contributed by atoms with Crippen LogP contribution < -0.4 is 10.6 Å². The van der Waals surface area contributed by atoms with E-state index in [-0.39, 0.29) is 13.1 Å². The van der Waals surface area contributed by atoms with Gasteiger partial charge in [-0.15, -0.1) is 0 Å². The molecule has 0 saturated carbocycles. The molecule has 0 unspecified atom stereocenters. The van der Waals surface area contributed by atoms with E-state index in [1.165, 1.54) is 11.0 Å². The monoisotopic (exact) mass is 281 g/mol. The predicted molar refractivity (Wildman–Crippen MR) is 66.4 cm³/mol. The number of rotatable bonds is 4. The van der Waals surface area contributed by atoms with Gasteiger partial charge in [0, 0.05) is 19.7 Å². The summed E-state index contributed by atoms with van der Waals surface area (Å²) < 4.78 is 27.4. The van der Waals surface area contributed by atoms with Crippen LogP contribution in [0, 0.1) is 11.6 Å². The zero-order valence-corrected chi connectivity index (χ0v) is 10.7. The normalized spacial score (nSPS) is 10.3. The summed E-state index contributed by atoms with van der Waals surface area (Å²) in [6.07, 6.45) is 1.38. The number of aryl methyl sites for hydroxylation is 1. The van der Waals surface area contributed by atoms with Crippen LogP contribution in [0.1, 0.15) is 11.4 Å². The van der Waals surface area contributed by atoms with E-state index in [1.54, 1.807) is 7.05 Å². The second kappa shape index (κ2) is 6.09. The van der Waals surface area contributed by atoms with Crippen LogP contribution in [0.4, 0.5) is 13.6 Å². The smallest absolute Gasteiger partial charge is 0.315 e. The van der Waals surface area contributed by atoms with Gasteiger partial charge in [-0.3, -0.25) is 4.68 Å². The minimum Gasteiger partial charge on any atom is -0.334 e. The van der Waals surface area contributed by atoms with Crippen LogP contribution in [-0.4, -0.2) is 20.8 Å². The summed E-state index contributed by atoms with van der Waals surface area (Å²) in [7, 11) is 1.71. The molecule has 1 aromatic heterocycles. The molecule has 2 aromatic rings. The van der Waals surface area contributed by atoms with E-state index in [2.05, 4.69) is 20.7 Å². The van der Waals surface area contributed by atoms with Crippen molar-refractivity contribution < 1.29 is 13.6 Å². The first-order valence-electron chi connectivity index (χ1n) is 5.84. The van der Waals surface area contributed by atoms with Gasteiger partial charge >= 0.3 is 6.03 Å². The molecular weight excluding hydrogens is 268 g/mol. The van der Waals surface area contributed by atoms with Crippen molar-refractivity contribution in [2.75, 3.05) is 0 Å².